The molecule has 0 spiro atoms. The molecule has 0 bridgehead atoms. The lowest BCUT2D eigenvalue weighted by molar-refractivity contribution is 0.0381. The highest BCUT2D eigenvalue weighted by atomic mass is 16.3. The van der Waals surface area contributed by atoms with Gasteiger partial charge in [-0.3, -0.25) is 10.2 Å². The minimum Gasteiger partial charge on any atom is -0.395 e. The van der Waals surface area contributed by atoms with Crippen molar-refractivity contribution in [3.8, 4) is 0 Å². The highest BCUT2D eigenvalue weighted by molar-refractivity contribution is 5.93. The number of carbonyl (C=O) groups is 1. The quantitative estimate of drug-likeness (QED) is 0.825. The summed E-state index contributed by atoms with van der Waals surface area (Å²) in [7, 11) is 0. The molecule has 92 valence electrons. The van der Waals surface area contributed by atoms with Gasteiger partial charge in [-0.15, -0.1) is 0 Å². The number of nitrogens with one attached hydrogen (secondary N) is 1. The van der Waals surface area contributed by atoms with Gasteiger partial charge in [0, 0.05) is 12.1 Å². The van der Waals surface area contributed by atoms with Crippen LogP contribution in [0, 0.1) is 0 Å². The molecule has 4 heteroatoms. The van der Waals surface area contributed by atoms with E-state index < -0.39 is 0 Å². The molecular weight excluding hydrogens is 216 g/mol. The predicted octanol–water partition coefficient (Wildman–Crippen LogP) is 1.18. The van der Waals surface area contributed by atoms with Crippen molar-refractivity contribution in [2.45, 2.75) is 25.3 Å². The Labute approximate surface area is 101 Å². The van der Waals surface area contributed by atoms with Crippen LogP contribution in [-0.4, -0.2) is 35.2 Å². The van der Waals surface area contributed by atoms with Gasteiger partial charge in [-0.05, 0) is 25.0 Å². The summed E-state index contributed by atoms with van der Waals surface area (Å²) in [6, 6.07) is 9.19. The second-order valence-corrected chi connectivity index (χ2v) is 4.33. The average Bonchev–Trinajstić information content (AvgIpc) is 2.40. The number of hydrazine groups is 1. The summed E-state index contributed by atoms with van der Waals surface area (Å²) in [5.74, 6) is -0.106. The van der Waals surface area contributed by atoms with Gasteiger partial charge in [0.15, 0.2) is 0 Å². The molecule has 0 aliphatic carbocycles. The number of amides is 1. The minimum atomic E-state index is -0.106. The van der Waals surface area contributed by atoms with Gasteiger partial charge in [0.05, 0.1) is 12.6 Å². The Morgan fingerprint density at radius 3 is 2.82 bits per heavy atom. The second kappa shape index (κ2) is 5.80. The first kappa shape index (κ1) is 12.1. The molecule has 2 N–H and O–H groups in total. The molecule has 17 heavy (non-hydrogen) atoms. The molecule has 0 aromatic heterocycles. The van der Waals surface area contributed by atoms with Gasteiger partial charge in [0.2, 0.25) is 0 Å². The van der Waals surface area contributed by atoms with E-state index >= 15 is 0 Å². The number of rotatable bonds is 3. The molecule has 1 aliphatic rings. The fourth-order valence-electron chi connectivity index (χ4n) is 2.12. The maximum absolute atomic E-state index is 11.9. The number of carbonyl (C=O) groups excluding carboxylic acids is 1. The van der Waals surface area contributed by atoms with E-state index in [1.54, 1.807) is 12.1 Å². The number of nitrogens with zero attached hydrogens (tertiary/aromatic N) is 1. The topological polar surface area (TPSA) is 52.6 Å². The van der Waals surface area contributed by atoms with Gasteiger partial charge in [0.25, 0.3) is 5.91 Å². The second-order valence-electron chi connectivity index (χ2n) is 4.33. The van der Waals surface area contributed by atoms with Crippen molar-refractivity contribution in [1.29, 1.82) is 0 Å². The normalized spacial score (nSPS) is 21.1. The van der Waals surface area contributed by atoms with E-state index in [9.17, 15) is 9.90 Å². The van der Waals surface area contributed by atoms with Crippen LogP contribution < -0.4 is 5.43 Å². The fraction of sp³-hybridized carbons (Fsp3) is 0.462. The van der Waals surface area contributed by atoms with E-state index in [0.29, 0.717) is 5.56 Å². The SMILES string of the molecule is O=C(NN1CCCCC1CO)c1ccccc1. The van der Waals surface area contributed by atoms with Crippen LogP contribution in [0.4, 0.5) is 0 Å². The van der Waals surface area contributed by atoms with Crippen LogP contribution in [0.3, 0.4) is 0 Å². The van der Waals surface area contributed by atoms with Gasteiger partial charge in [-0.25, -0.2) is 5.01 Å². The van der Waals surface area contributed by atoms with Crippen molar-refractivity contribution in [2.75, 3.05) is 13.2 Å². The summed E-state index contributed by atoms with van der Waals surface area (Å²) in [6.07, 6.45) is 3.11. The van der Waals surface area contributed by atoms with E-state index in [0.717, 1.165) is 25.8 Å². The van der Waals surface area contributed by atoms with E-state index in [4.69, 9.17) is 0 Å². The van der Waals surface area contributed by atoms with Crippen molar-refractivity contribution >= 4 is 5.91 Å². The first-order valence-corrected chi connectivity index (χ1v) is 6.05. The molecule has 1 aromatic carbocycles. The van der Waals surface area contributed by atoms with Crippen molar-refractivity contribution < 1.29 is 9.90 Å². The van der Waals surface area contributed by atoms with Crippen LogP contribution in [0.2, 0.25) is 0 Å². The van der Waals surface area contributed by atoms with Crippen LogP contribution in [0.25, 0.3) is 0 Å². The Morgan fingerprint density at radius 2 is 2.12 bits per heavy atom. The Morgan fingerprint density at radius 1 is 1.35 bits per heavy atom. The molecule has 1 saturated heterocycles. The molecule has 1 atom stereocenters. The molecule has 2 rings (SSSR count). The molecule has 1 aliphatic heterocycles. The van der Waals surface area contributed by atoms with Crippen molar-refractivity contribution in [2.24, 2.45) is 0 Å². The van der Waals surface area contributed by atoms with E-state index in [2.05, 4.69) is 5.43 Å². The lowest BCUT2D eigenvalue weighted by Crippen LogP contribution is -2.52. The van der Waals surface area contributed by atoms with Crippen molar-refractivity contribution in [3.63, 3.8) is 0 Å². The van der Waals surface area contributed by atoms with E-state index in [-0.39, 0.29) is 18.6 Å². The van der Waals surface area contributed by atoms with Crippen molar-refractivity contribution in [3.05, 3.63) is 35.9 Å². The largest absolute Gasteiger partial charge is 0.395 e. The lowest BCUT2D eigenvalue weighted by atomic mass is 10.1. The lowest BCUT2D eigenvalue weighted by Gasteiger charge is -2.34. The average molecular weight is 234 g/mol. The summed E-state index contributed by atoms with van der Waals surface area (Å²) >= 11 is 0. The zero-order valence-electron chi connectivity index (χ0n) is 9.80. The van der Waals surface area contributed by atoms with Crippen LogP contribution in [0.15, 0.2) is 30.3 Å². The van der Waals surface area contributed by atoms with Gasteiger partial charge in [0.1, 0.15) is 0 Å². The number of hydrogen-bond donors (Lipinski definition) is 2. The number of aliphatic hydroxyl groups excluding tert-OH is 1. The summed E-state index contributed by atoms with van der Waals surface area (Å²) in [6.45, 7) is 0.902. The standard InChI is InChI=1S/C13H18N2O2/c16-10-12-8-4-5-9-15(12)14-13(17)11-6-2-1-3-7-11/h1-3,6-7,12,16H,4-5,8-10H2,(H,14,17). The van der Waals surface area contributed by atoms with Gasteiger partial charge >= 0.3 is 0 Å². The maximum Gasteiger partial charge on any atom is 0.265 e. The summed E-state index contributed by atoms with van der Waals surface area (Å²) in [5, 5.41) is 11.1. The Hall–Kier alpha value is -1.39. The highest BCUT2D eigenvalue weighted by Crippen LogP contribution is 2.14. The number of piperidine rings is 1. The monoisotopic (exact) mass is 234 g/mol. The Balaban J connectivity index is 1.98. The third kappa shape index (κ3) is 3.05. The van der Waals surface area contributed by atoms with E-state index in [1.165, 1.54) is 0 Å². The Kier molecular flexibility index (Phi) is 4.12. The van der Waals surface area contributed by atoms with Gasteiger partial charge in [-0.2, -0.15) is 0 Å². The molecule has 1 amide bonds. The smallest absolute Gasteiger partial charge is 0.265 e. The minimum absolute atomic E-state index is 0.0522. The van der Waals surface area contributed by atoms with Crippen LogP contribution >= 0.6 is 0 Å². The first-order chi connectivity index (χ1) is 8.31. The van der Waals surface area contributed by atoms with E-state index in [1.807, 2.05) is 23.2 Å². The molecular formula is C13H18N2O2. The fourth-order valence-corrected chi connectivity index (χ4v) is 2.12. The zero-order valence-corrected chi connectivity index (χ0v) is 9.80. The number of benzene rings is 1. The third-order valence-corrected chi connectivity index (χ3v) is 3.12. The molecule has 0 saturated carbocycles. The van der Waals surface area contributed by atoms with Gasteiger partial charge < -0.3 is 5.11 Å². The molecule has 1 fully saturated rings. The summed E-state index contributed by atoms with van der Waals surface area (Å²) in [5.41, 5.74) is 3.52. The third-order valence-electron chi connectivity index (χ3n) is 3.12. The summed E-state index contributed by atoms with van der Waals surface area (Å²) < 4.78 is 0. The van der Waals surface area contributed by atoms with Gasteiger partial charge in [-0.1, -0.05) is 24.6 Å². The molecule has 1 heterocycles. The highest BCUT2D eigenvalue weighted by Gasteiger charge is 2.23. The molecule has 1 aromatic rings. The summed E-state index contributed by atoms with van der Waals surface area (Å²) in [4.78, 5) is 11.9. The molecule has 1 unspecified atom stereocenters. The molecule has 4 nitrogen and oxygen atoms in total. The van der Waals surface area contributed by atoms with Crippen LogP contribution in [-0.2, 0) is 0 Å². The molecule has 0 radical (unpaired) electrons. The van der Waals surface area contributed by atoms with Crippen LogP contribution in [0.1, 0.15) is 29.6 Å². The zero-order chi connectivity index (χ0) is 12.1. The number of aliphatic hydroxyl groups is 1. The maximum atomic E-state index is 11.9. The number of hydrogen-bond acceptors (Lipinski definition) is 3. The van der Waals surface area contributed by atoms with Crippen LogP contribution in [0.5, 0.6) is 0 Å². The first-order valence-electron chi connectivity index (χ1n) is 6.05. The Bertz CT molecular complexity index is 367. The van der Waals surface area contributed by atoms with Crippen molar-refractivity contribution in [1.82, 2.24) is 10.4 Å². The predicted molar refractivity (Wildman–Crippen MR) is 65.3 cm³/mol.